The lowest BCUT2D eigenvalue weighted by Crippen LogP contribution is -2.49. The molecule has 5 nitrogen and oxygen atoms in total. The van der Waals surface area contributed by atoms with Crippen LogP contribution in [0.1, 0.15) is 38.5 Å². The number of carbonyl (C=O) groups is 2. The van der Waals surface area contributed by atoms with Crippen molar-refractivity contribution >= 4 is 11.8 Å². The summed E-state index contributed by atoms with van der Waals surface area (Å²) in [5.41, 5.74) is 5.82. The van der Waals surface area contributed by atoms with Gasteiger partial charge in [-0.05, 0) is 38.1 Å². The van der Waals surface area contributed by atoms with Crippen LogP contribution in [0, 0.1) is 17.8 Å². The average molecular weight is 281 g/mol. The first-order chi connectivity index (χ1) is 9.67. The first-order valence-corrected chi connectivity index (χ1v) is 7.87. The lowest BCUT2D eigenvalue weighted by atomic mass is 9.78. The van der Waals surface area contributed by atoms with Crippen LogP contribution < -0.4 is 11.1 Å². The second-order valence-corrected chi connectivity index (χ2v) is 6.12. The summed E-state index contributed by atoms with van der Waals surface area (Å²) < 4.78 is 0. The summed E-state index contributed by atoms with van der Waals surface area (Å²) in [6, 6.07) is 0. The Morgan fingerprint density at radius 3 is 2.65 bits per heavy atom. The van der Waals surface area contributed by atoms with Crippen molar-refractivity contribution in [3.05, 3.63) is 0 Å². The summed E-state index contributed by atoms with van der Waals surface area (Å²) in [6.07, 6.45) is 6.14. The van der Waals surface area contributed by atoms with Gasteiger partial charge in [-0.15, -0.1) is 0 Å². The monoisotopic (exact) mass is 281 g/mol. The number of rotatable bonds is 3. The Hall–Kier alpha value is -1.10. The summed E-state index contributed by atoms with van der Waals surface area (Å²) in [7, 11) is 1.66. The van der Waals surface area contributed by atoms with Crippen LogP contribution in [-0.4, -0.2) is 43.4 Å². The maximum Gasteiger partial charge on any atom is 0.226 e. The lowest BCUT2D eigenvalue weighted by molar-refractivity contribution is -0.141. The van der Waals surface area contributed by atoms with Crippen molar-refractivity contribution in [2.45, 2.75) is 38.5 Å². The van der Waals surface area contributed by atoms with Gasteiger partial charge in [-0.1, -0.05) is 12.8 Å². The molecule has 3 N–H and O–H groups in total. The Bertz CT molecular complexity index is 359. The van der Waals surface area contributed by atoms with Crippen LogP contribution in [0.4, 0.5) is 0 Å². The van der Waals surface area contributed by atoms with E-state index >= 15 is 0 Å². The van der Waals surface area contributed by atoms with Crippen molar-refractivity contribution < 1.29 is 9.59 Å². The maximum atomic E-state index is 12.7. The number of nitrogens with two attached hydrogens (primary N) is 1. The fourth-order valence-electron chi connectivity index (χ4n) is 3.64. The van der Waals surface area contributed by atoms with Crippen LogP contribution in [-0.2, 0) is 9.59 Å². The first-order valence-electron chi connectivity index (χ1n) is 7.87. The molecular weight excluding hydrogens is 254 g/mol. The predicted molar refractivity (Wildman–Crippen MR) is 77.9 cm³/mol. The molecule has 114 valence electrons. The molecule has 0 aromatic carbocycles. The zero-order valence-electron chi connectivity index (χ0n) is 12.4. The topological polar surface area (TPSA) is 75.4 Å². The molecule has 2 amide bonds. The lowest BCUT2D eigenvalue weighted by Gasteiger charge is -2.37. The van der Waals surface area contributed by atoms with Crippen LogP contribution in [0.5, 0.6) is 0 Å². The van der Waals surface area contributed by atoms with E-state index in [1.807, 2.05) is 4.90 Å². The third kappa shape index (κ3) is 3.32. The fourth-order valence-corrected chi connectivity index (χ4v) is 3.64. The van der Waals surface area contributed by atoms with E-state index in [2.05, 4.69) is 5.32 Å². The Balaban J connectivity index is 1.98. The van der Waals surface area contributed by atoms with Crippen molar-refractivity contribution in [3.8, 4) is 0 Å². The number of hydrogen-bond acceptors (Lipinski definition) is 3. The molecule has 5 heteroatoms. The van der Waals surface area contributed by atoms with Crippen LogP contribution in [0.3, 0.4) is 0 Å². The van der Waals surface area contributed by atoms with Gasteiger partial charge in [0.15, 0.2) is 0 Å². The van der Waals surface area contributed by atoms with Gasteiger partial charge >= 0.3 is 0 Å². The molecule has 20 heavy (non-hydrogen) atoms. The third-order valence-corrected chi connectivity index (χ3v) is 4.88. The van der Waals surface area contributed by atoms with Crippen molar-refractivity contribution in [2.75, 3.05) is 26.7 Å². The molecule has 0 bridgehead atoms. The summed E-state index contributed by atoms with van der Waals surface area (Å²) >= 11 is 0. The number of likely N-dealkylation sites (tertiary alicyclic amines) is 1. The van der Waals surface area contributed by atoms with E-state index in [0.29, 0.717) is 19.0 Å². The zero-order valence-corrected chi connectivity index (χ0v) is 12.4. The average Bonchev–Trinajstić information content (AvgIpc) is 2.53. The zero-order chi connectivity index (χ0) is 14.5. The van der Waals surface area contributed by atoms with E-state index in [4.69, 9.17) is 5.73 Å². The molecule has 1 aliphatic heterocycles. The molecule has 0 aromatic rings. The highest BCUT2D eigenvalue weighted by atomic mass is 16.2. The molecule has 2 aliphatic rings. The van der Waals surface area contributed by atoms with Gasteiger partial charge in [0.1, 0.15) is 0 Å². The van der Waals surface area contributed by atoms with E-state index in [0.717, 1.165) is 38.6 Å². The number of nitrogens with one attached hydrogen (secondary N) is 1. The van der Waals surface area contributed by atoms with Crippen molar-refractivity contribution in [1.82, 2.24) is 10.2 Å². The van der Waals surface area contributed by atoms with Gasteiger partial charge in [0.2, 0.25) is 11.8 Å². The maximum absolute atomic E-state index is 12.7. The Morgan fingerprint density at radius 2 is 1.95 bits per heavy atom. The second-order valence-electron chi connectivity index (χ2n) is 6.12. The summed E-state index contributed by atoms with van der Waals surface area (Å²) in [6.45, 7) is 1.97. The normalized spacial score (nSPS) is 30.9. The van der Waals surface area contributed by atoms with Gasteiger partial charge < -0.3 is 16.0 Å². The standard InChI is InChI=1S/C15H27N3O2/c1-17-14(19)12-6-4-8-18(10-12)15(20)13-7-3-2-5-11(13)9-16/h11-13H,2-10,16H2,1H3,(H,17,19). The number of piperidine rings is 1. The number of hydrogen-bond donors (Lipinski definition) is 2. The molecule has 1 saturated heterocycles. The first kappa shape index (κ1) is 15.3. The molecule has 0 aromatic heterocycles. The third-order valence-electron chi connectivity index (χ3n) is 4.88. The largest absolute Gasteiger partial charge is 0.359 e. The summed E-state index contributed by atoms with van der Waals surface area (Å²) in [5.74, 6) is 0.654. The number of amides is 2. The fraction of sp³-hybridized carbons (Fsp3) is 0.867. The van der Waals surface area contributed by atoms with E-state index in [1.165, 1.54) is 6.42 Å². The highest BCUT2D eigenvalue weighted by Gasteiger charge is 2.35. The van der Waals surface area contributed by atoms with Gasteiger partial charge in [-0.3, -0.25) is 9.59 Å². The van der Waals surface area contributed by atoms with E-state index in [9.17, 15) is 9.59 Å². The molecule has 1 heterocycles. The highest BCUT2D eigenvalue weighted by molar-refractivity contribution is 5.82. The van der Waals surface area contributed by atoms with Gasteiger partial charge in [0.25, 0.3) is 0 Å². The smallest absolute Gasteiger partial charge is 0.226 e. The Kier molecular flexibility index (Phi) is 5.40. The number of carbonyl (C=O) groups excluding carboxylic acids is 2. The molecule has 3 unspecified atom stereocenters. The predicted octanol–water partition coefficient (Wildman–Crippen LogP) is 0.736. The SMILES string of the molecule is CNC(=O)C1CCCN(C(=O)C2CCCCC2CN)C1. The Morgan fingerprint density at radius 1 is 1.20 bits per heavy atom. The van der Waals surface area contributed by atoms with E-state index in [-0.39, 0.29) is 23.7 Å². The molecule has 0 radical (unpaired) electrons. The molecule has 0 spiro atoms. The number of nitrogens with zero attached hydrogens (tertiary/aromatic N) is 1. The van der Waals surface area contributed by atoms with Gasteiger partial charge in [0, 0.05) is 26.1 Å². The van der Waals surface area contributed by atoms with Gasteiger partial charge in [0.05, 0.1) is 5.92 Å². The minimum atomic E-state index is -0.0439. The van der Waals surface area contributed by atoms with Crippen molar-refractivity contribution in [1.29, 1.82) is 0 Å². The van der Waals surface area contributed by atoms with E-state index < -0.39 is 0 Å². The molecule has 1 saturated carbocycles. The van der Waals surface area contributed by atoms with Crippen LogP contribution >= 0.6 is 0 Å². The summed E-state index contributed by atoms with van der Waals surface area (Å²) in [5, 5.41) is 2.70. The summed E-state index contributed by atoms with van der Waals surface area (Å²) in [4.78, 5) is 26.4. The minimum Gasteiger partial charge on any atom is -0.359 e. The molecule has 2 rings (SSSR count). The highest BCUT2D eigenvalue weighted by Crippen LogP contribution is 2.32. The quantitative estimate of drug-likeness (QED) is 0.801. The van der Waals surface area contributed by atoms with Crippen molar-refractivity contribution in [3.63, 3.8) is 0 Å². The molecular formula is C15H27N3O2. The second kappa shape index (κ2) is 7.07. The molecule has 1 aliphatic carbocycles. The van der Waals surface area contributed by atoms with Crippen LogP contribution in [0.15, 0.2) is 0 Å². The van der Waals surface area contributed by atoms with Crippen LogP contribution in [0.2, 0.25) is 0 Å². The van der Waals surface area contributed by atoms with E-state index in [1.54, 1.807) is 7.05 Å². The van der Waals surface area contributed by atoms with Crippen molar-refractivity contribution in [2.24, 2.45) is 23.5 Å². The Labute approximate surface area is 121 Å². The van der Waals surface area contributed by atoms with Crippen LogP contribution in [0.25, 0.3) is 0 Å². The minimum absolute atomic E-state index is 0.0439. The molecule has 3 atom stereocenters. The molecule has 2 fully saturated rings. The van der Waals surface area contributed by atoms with Gasteiger partial charge in [-0.25, -0.2) is 0 Å². The van der Waals surface area contributed by atoms with Gasteiger partial charge in [-0.2, -0.15) is 0 Å².